The van der Waals surface area contributed by atoms with E-state index in [4.69, 9.17) is 4.74 Å². The van der Waals surface area contributed by atoms with Gasteiger partial charge in [0.1, 0.15) is 6.04 Å². The van der Waals surface area contributed by atoms with E-state index in [1.807, 2.05) is 31.2 Å². The number of nitrogens with zero attached hydrogens (tertiary/aromatic N) is 1. The van der Waals surface area contributed by atoms with E-state index in [0.29, 0.717) is 18.5 Å². The quantitative estimate of drug-likeness (QED) is 0.477. The molecule has 0 bridgehead atoms. The van der Waals surface area contributed by atoms with Gasteiger partial charge in [0, 0.05) is 5.69 Å². The van der Waals surface area contributed by atoms with E-state index in [1.54, 1.807) is 12.1 Å². The zero-order valence-corrected chi connectivity index (χ0v) is 16.2. The van der Waals surface area contributed by atoms with Crippen LogP contribution in [0.1, 0.15) is 32.3 Å². The molecule has 0 spiro atoms. The molecule has 1 fully saturated rings. The Hall–Kier alpha value is -2.96. The number of anilines is 1. The summed E-state index contributed by atoms with van der Waals surface area (Å²) in [4.78, 5) is 50.9. The highest BCUT2D eigenvalue weighted by molar-refractivity contribution is 6.08. The molecule has 7 heteroatoms. The van der Waals surface area contributed by atoms with Crippen LogP contribution >= 0.6 is 0 Å². The summed E-state index contributed by atoms with van der Waals surface area (Å²) in [7, 11) is 0. The Labute approximate surface area is 163 Å². The van der Waals surface area contributed by atoms with E-state index in [2.05, 4.69) is 5.32 Å². The van der Waals surface area contributed by atoms with Crippen LogP contribution in [0.15, 0.2) is 36.4 Å². The number of amides is 3. The summed E-state index contributed by atoms with van der Waals surface area (Å²) in [5.74, 6) is -2.77. The third kappa shape index (κ3) is 3.83. The molecule has 1 aliphatic heterocycles. The number of likely N-dealkylation sites (tertiary alicyclic amines) is 1. The van der Waals surface area contributed by atoms with Gasteiger partial charge in [0.2, 0.25) is 11.8 Å². The van der Waals surface area contributed by atoms with Gasteiger partial charge in [-0.3, -0.25) is 19.3 Å². The molecular formula is C21H24N2O5. The van der Waals surface area contributed by atoms with Crippen LogP contribution in [-0.2, 0) is 23.9 Å². The number of allylic oxidation sites excluding steroid dienone is 2. The number of ether oxygens (including phenoxy) is 1. The molecule has 1 aromatic carbocycles. The Morgan fingerprint density at radius 3 is 2.11 bits per heavy atom. The SMILES string of the molecule is Cc1ccc(NC(=O)[C@@H](C)OC(=O)[C@H](C)N2C(=O)[C@H]3CC=CC[C@@H]3C2=O)cc1. The maximum absolute atomic E-state index is 12.6. The second kappa shape index (κ2) is 7.96. The highest BCUT2D eigenvalue weighted by Gasteiger charge is 2.50. The van der Waals surface area contributed by atoms with Crippen molar-refractivity contribution in [2.24, 2.45) is 11.8 Å². The van der Waals surface area contributed by atoms with Crippen LogP contribution in [0.3, 0.4) is 0 Å². The molecule has 7 nitrogen and oxygen atoms in total. The standard InChI is InChI=1S/C21H24N2O5/c1-12-8-10-15(11-9-12)22-18(24)14(3)28-21(27)13(2)23-19(25)16-6-4-5-7-17(16)20(23)26/h4-5,8-11,13-14,16-17H,6-7H2,1-3H3,(H,22,24)/t13-,14+,16-,17-/m0/s1. The van der Waals surface area contributed by atoms with Crippen LogP contribution in [-0.4, -0.2) is 40.7 Å². The van der Waals surface area contributed by atoms with E-state index >= 15 is 0 Å². The summed E-state index contributed by atoms with van der Waals surface area (Å²) in [6.45, 7) is 4.84. The number of fused-ring (bicyclic) bond motifs is 1. The van der Waals surface area contributed by atoms with Gasteiger partial charge >= 0.3 is 5.97 Å². The predicted molar refractivity (Wildman–Crippen MR) is 102 cm³/mol. The fourth-order valence-electron chi connectivity index (χ4n) is 3.52. The second-order valence-electron chi connectivity index (χ2n) is 7.31. The minimum absolute atomic E-state index is 0.347. The molecule has 2 aliphatic rings. The lowest BCUT2D eigenvalue weighted by Crippen LogP contribution is -2.46. The maximum atomic E-state index is 12.6. The van der Waals surface area contributed by atoms with Crippen molar-refractivity contribution in [1.29, 1.82) is 0 Å². The van der Waals surface area contributed by atoms with Gasteiger partial charge in [-0.25, -0.2) is 4.79 Å². The van der Waals surface area contributed by atoms with Crippen LogP contribution in [0.5, 0.6) is 0 Å². The maximum Gasteiger partial charge on any atom is 0.329 e. The summed E-state index contributed by atoms with van der Waals surface area (Å²) < 4.78 is 5.22. The summed E-state index contributed by atoms with van der Waals surface area (Å²) >= 11 is 0. The number of rotatable bonds is 5. The lowest BCUT2D eigenvalue weighted by molar-refractivity contribution is -0.163. The number of imide groups is 1. The zero-order chi connectivity index (χ0) is 20.4. The van der Waals surface area contributed by atoms with E-state index < -0.39 is 35.9 Å². The van der Waals surface area contributed by atoms with Crippen LogP contribution in [0.2, 0.25) is 0 Å². The molecule has 1 heterocycles. The van der Waals surface area contributed by atoms with E-state index in [0.717, 1.165) is 10.5 Å². The minimum atomic E-state index is -1.07. The van der Waals surface area contributed by atoms with E-state index in [9.17, 15) is 19.2 Å². The lowest BCUT2D eigenvalue weighted by Gasteiger charge is -2.23. The molecule has 0 unspecified atom stereocenters. The first-order valence-electron chi connectivity index (χ1n) is 9.39. The topological polar surface area (TPSA) is 92.8 Å². The second-order valence-corrected chi connectivity index (χ2v) is 7.31. The number of esters is 1. The van der Waals surface area contributed by atoms with Gasteiger partial charge in [-0.15, -0.1) is 0 Å². The molecule has 1 aliphatic carbocycles. The average molecular weight is 384 g/mol. The first-order chi connectivity index (χ1) is 13.3. The molecule has 28 heavy (non-hydrogen) atoms. The third-order valence-electron chi connectivity index (χ3n) is 5.25. The first-order valence-corrected chi connectivity index (χ1v) is 9.39. The number of carbonyl (C=O) groups excluding carboxylic acids is 4. The average Bonchev–Trinajstić information content (AvgIpc) is 2.93. The Morgan fingerprint density at radius 1 is 1.04 bits per heavy atom. The molecule has 1 saturated heterocycles. The molecular weight excluding hydrogens is 360 g/mol. The van der Waals surface area contributed by atoms with Crippen molar-refractivity contribution in [2.45, 2.75) is 45.8 Å². The Morgan fingerprint density at radius 2 is 1.57 bits per heavy atom. The van der Waals surface area contributed by atoms with Gasteiger partial charge in [0.05, 0.1) is 11.8 Å². The third-order valence-corrected chi connectivity index (χ3v) is 5.25. The summed E-state index contributed by atoms with van der Waals surface area (Å²) in [5.41, 5.74) is 1.65. The van der Waals surface area contributed by atoms with Crippen LogP contribution in [0.25, 0.3) is 0 Å². The molecule has 148 valence electrons. The van der Waals surface area contributed by atoms with Crippen molar-refractivity contribution >= 4 is 29.4 Å². The lowest BCUT2D eigenvalue weighted by atomic mass is 9.85. The molecule has 4 atom stereocenters. The fourth-order valence-corrected chi connectivity index (χ4v) is 3.52. The van der Waals surface area contributed by atoms with Crippen molar-refractivity contribution < 1.29 is 23.9 Å². The molecule has 3 rings (SSSR count). The minimum Gasteiger partial charge on any atom is -0.451 e. The van der Waals surface area contributed by atoms with Crippen molar-refractivity contribution in [2.75, 3.05) is 5.32 Å². The largest absolute Gasteiger partial charge is 0.451 e. The molecule has 1 N–H and O–H groups in total. The van der Waals surface area contributed by atoms with E-state index in [-0.39, 0.29) is 11.8 Å². The van der Waals surface area contributed by atoms with Gasteiger partial charge in [0.25, 0.3) is 5.91 Å². The summed E-state index contributed by atoms with van der Waals surface area (Å²) in [5, 5.41) is 2.67. The monoisotopic (exact) mass is 384 g/mol. The van der Waals surface area contributed by atoms with Gasteiger partial charge in [-0.2, -0.15) is 0 Å². The smallest absolute Gasteiger partial charge is 0.329 e. The molecule has 0 aromatic heterocycles. The summed E-state index contributed by atoms with van der Waals surface area (Å²) in [6, 6.07) is 6.14. The van der Waals surface area contributed by atoms with Crippen molar-refractivity contribution in [3.63, 3.8) is 0 Å². The van der Waals surface area contributed by atoms with Crippen LogP contribution in [0, 0.1) is 18.8 Å². The number of hydrogen-bond acceptors (Lipinski definition) is 5. The van der Waals surface area contributed by atoms with Crippen molar-refractivity contribution in [3.05, 3.63) is 42.0 Å². The Bertz CT molecular complexity index is 804. The molecule has 1 aromatic rings. The van der Waals surface area contributed by atoms with Crippen LogP contribution < -0.4 is 5.32 Å². The van der Waals surface area contributed by atoms with Crippen LogP contribution in [0.4, 0.5) is 5.69 Å². The summed E-state index contributed by atoms with van der Waals surface area (Å²) in [6.07, 6.45) is 3.71. The fraction of sp³-hybridized carbons (Fsp3) is 0.429. The van der Waals surface area contributed by atoms with Gasteiger partial charge in [0.15, 0.2) is 6.10 Å². The van der Waals surface area contributed by atoms with E-state index in [1.165, 1.54) is 13.8 Å². The normalized spacial score (nSPS) is 23.2. The number of aryl methyl sites for hydroxylation is 1. The number of benzene rings is 1. The number of hydrogen-bond donors (Lipinski definition) is 1. The van der Waals surface area contributed by atoms with Crippen molar-refractivity contribution in [1.82, 2.24) is 4.90 Å². The molecule has 0 saturated carbocycles. The van der Waals surface area contributed by atoms with Gasteiger partial charge in [-0.05, 0) is 45.7 Å². The number of carbonyl (C=O) groups is 4. The van der Waals surface area contributed by atoms with Gasteiger partial charge < -0.3 is 10.1 Å². The Kier molecular flexibility index (Phi) is 5.63. The first kappa shape index (κ1) is 19.8. The molecule has 0 radical (unpaired) electrons. The number of nitrogens with one attached hydrogen (secondary N) is 1. The Balaban J connectivity index is 1.60. The highest BCUT2D eigenvalue weighted by atomic mass is 16.5. The molecule has 3 amide bonds. The predicted octanol–water partition coefficient (Wildman–Crippen LogP) is 2.20. The van der Waals surface area contributed by atoms with Gasteiger partial charge in [-0.1, -0.05) is 29.8 Å². The zero-order valence-electron chi connectivity index (χ0n) is 16.2. The highest BCUT2D eigenvalue weighted by Crippen LogP contribution is 2.36. The van der Waals surface area contributed by atoms with Crippen molar-refractivity contribution in [3.8, 4) is 0 Å².